The van der Waals surface area contributed by atoms with Crippen LogP contribution in [0.3, 0.4) is 0 Å². The quantitative estimate of drug-likeness (QED) is 0.820. The minimum Gasteiger partial charge on any atom is -0.340 e. The number of halogens is 1. The highest BCUT2D eigenvalue weighted by Gasteiger charge is 2.20. The van der Waals surface area contributed by atoms with E-state index >= 15 is 0 Å². The number of piperazine rings is 1. The molecule has 1 fully saturated rings. The van der Waals surface area contributed by atoms with E-state index < -0.39 is 0 Å². The molecule has 6 heteroatoms. The smallest absolute Gasteiger partial charge is 0.253 e. The highest BCUT2D eigenvalue weighted by atomic mass is 79.9. The van der Waals surface area contributed by atoms with Crippen molar-refractivity contribution in [3.8, 4) is 0 Å². The second-order valence-corrected chi connectivity index (χ2v) is 6.60. The fourth-order valence-corrected chi connectivity index (χ4v) is 2.93. The predicted octanol–water partition coefficient (Wildman–Crippen LogP) is 2.12. The molecular formula is C17H24BrN3O2. The van der Waals surface area contributed by atoms with Crippen molar-refractivity contribution < 1.29 is 9.59 Å². The van der Waals surface area contributed by atoms with Crippen molar-refractivity contribution in [2.75, 3.05) is 39.3 Å². The molecule has 1 saturated heterocycles. The molecule has 5 nitrogen and oxygen atoms in total. The van der Waals surface area contributed by atoms with Gasteiger partial charge in [-0.15, -0.1) is 0 Å². The Hall–Kier alpha value is -1.40. The standard InChI is InChI=1S/C17H24BrN3O2/c1-2-10-21(17(23)14-3-5-15(18)6-4-14)11-7-16(22)20-12-8-19-9-13-20/h3-6,19H,2,7-13H2,1H3. The lowest BCUT2D eigenvalue weighted by Crippen LogP contribution is -2.47. The first-order valence-corrected chi connectivity index (χ1v) is 8.94. The highest BCUT2D eigenvalue weighted by Crippen LogP contribution is 2.13. The average Bonchev–Trinajstić information content (AvgIpc) is 2.59. The van der Waals surface area contributed by atoms with Gasteiger partial charge in [-0.05, 0) is 30.7 Å². The summed E-state index contributed by atoms with van der Waals surface area (Å²) < 4.78 is 0.949. The minimum absolute atomic E-state index is 0.00698. The van der Waals surface area contributed by atoms with Crippen LogP contribution in [0.25, 0.3) is 0 Å². The molecule has 1 aromatic rings. The molecule has 0 unspecified atom stereocenters. The van der Waals surface area contributed by atoms with Crippen molar-refractivity contribution in [1.29, 1.82) is 0 Å². The molecule has 0 aliphatic carbocycles. The number of benzene rings is 1. The molecule has 0 atom stereocenters. The number of rotatable bonds is 6. The lowest BCUT2D eigenvalue weighted by atomic mass is 10.2. The monoisotopic (exact) mass is 381 g/mol. The average molecular weight is 382 g/mol. The van der Waals surface area contributed by atoms with Gasteiger partial charge < -0.3 is 15.1 Å². The van der Waals surface area contributed by atoms with Gasteiger partial charge in [0, 0.05) is 55.7 Å². The van der Waals surface area contributed by atoms with E-state index in [2.05, 4.69) is 21.2 Å². The van der Waals surface area contributed by atoms with Crippen molar-refractivity contribution in [1.82, 2.24) is 15.1 Å². The summed E-state index contributed by atoms with van der Waals surface area (Å²) in [5, 5.41) is 3.24. The maximum Gasteiger partial charge on any atom is 0.253 e. The number of nitrogens with zero attached hydrogens (tertiary/aromatic N) is 2. The van der Waals surface area contributed by atoms with Crippen molar-refractivity contribution in [2.24, 2.45) is 0 Å². The van der Waals surface area contributed by atoms with Gasteiger partial charge in [-0.1, -0.05) is 22.9 Å². The molecular weight excluding hydrogens is 358 g/mol. The van der Waals surface area contributed by atoms with Crippen LogP contribution in [0.5, 0.6) is 0 Å². The van der Waals surface area contributed by atoms with Gasteiger partial charge >= 0.3 is 0 Å². The Bertz CT molecular complexity index is 527. The normalized spacial score (nSPS) is 14.6. The molecule has 1 aliphatic rings. The van der Waals surface area contributed by atoms with E-state index in [-0.39, 0.29) is 11.8 Å². The fraction of sp³-hybridized carbons (Fsp3) is 0.529. The molecule has 2 amide bonds. The van der Waals surface area contributed by atoms with Gasteiger partial charge in [0.1, 0.15) is 0 Å². The number of hydrogen-bond acceptors (Lipinski definition) is 3. The van der Waals surface area contributed by atoms with Gasteiger partial charge in [0.05, 0.1) is 0 Å². The minimum atomic E-state index is -0.00698. The zero-order valence-electron chi connectivity index (χ0n) is 13.6. The van der Waals surface area contributed by atoms with Crippen molar-refractivity contribution in [3.63, 3.8) is 0 Å². The number of hydrogen-bond donors (Lipinski definition) is 1. The van der Waals surface area contributed by atoms with E-state index in [1.54, 1.807) is 4.90 Å². The lowest BCUT2D eigenvalue weighted by Gasteiger charge is -2.29. The molecule has 0 saturated carbocycles. The van der Waals surface area contributed by atoms with Gasteiger partial charge in [0.25, 0.3) is 5.91 Å². The second kappa shape index (κ2) is 9.03. The molecule has 1 N–H and O–H groups in total. The molecule has 23 heavy (non-hydrogen) atoms. The Morgan fingerprint density at radius 2 is 1.83 bits per heavy atom. The van der Waals surface area contributed by atoms with Crippen LogP contribution in [0.1, 0.15) is 30.1 Å². The van der Waals surface area contributed by atoms with E-state index in [0.717, 1.165) is 37.1 Å². The van der Waals surface area contributed by atoms with E-state index in [9.17, 15) is 9.59 Å². The Balaban J connectivity index is 1.93. The van der Waals surface area contributed by atoms with Crippen LogP contribution in [-0.2, 0) is 4.79 Å². The number of nitrogens with one attached hydrogen (secondary N) is 1. The summed E-state index contributed by atoms with van der Waals surface area (Å²) in [6.45, 7) is 6.40. The Kier molecular flexibility index (Phi) is 7.05. The number of carbonyl (C=O) groups is 2. The summed E-state index contributed by atoms with van der Waals surface area (Å²) in [5.74, 6) is 0.128. The van der Waals surface area contributed by atoms with Gasteiger partial charge in [-0.25, -0.2) is 0 Å². The van der Waals surface area contributed by atoms with E-state index in [0.29, 0.717) is 25.1 Å². The zero-order chi connectivity index (χ0) is 16.7. The topological polar surface area (TPSA) is 52.7 Å². The molecule has 0 spiro atoms. The summed E-state index contributed by atoms with van der Waals surface area (Å²) in [6.07, 6.45) is 1.27. The van der Waals surface area contributed by atoms with Crippen LogP contribution in [0.15, 0.2) is 28.7 Å². The first-order chi connectivity index (χ1) is 11.1. The lowest BCUT2D eigenvalue weighted by molar-refractivity contribution is -0.131. The maximum absolute atomic E-state index is 12.6. The molecule has 2 rings (SSSR count). The van der Waals surface area contributed by atoms with E-state index in [4.69, 9.17) is 0 Å². The summed E-state index contributed by atoms with van der Waals surface area (Å²) >= 11 is 3.38. The molecule has 1 aliphatic heterocycles. The largest absolute Gasteiger partial charge is 0.340 e. The molecule has 0 bridgehead atoms. The van der Waals surface area contributed by atoms with Crippen LogP contribution in [0.4, 0.5) is 0 Å². The summed E-state index contributed by atoms with van der Waals surface area (Å²) in [4.78, 5) is 28.5. The van der Waals surface area contributed by atoms with Crippen LogP contribution >= 0.6 is 15.9 Å². The highest BCUT2D eigenvalue weighted by molar-refractivity contribution is 9.10. The molecule has 126 valence electrons. The van der Waals surface area contributed by atoms with Crippen LogP contribution in [0, 0.1) is 0 Å². The summed E-state index contributed by atoms with van der Waals surface area (Å²) in [7, 11) is 0. The molecule has 0 aromatic heterocycles. The van der Waals surface area contributed by atoms with E-state index in [1.165, 1.54) is 0 Å². The van der Waals surface area contributed by atoms with Gasteiger partial charge in [0.2, 0.25) is 5.91 Å². The van der Waals surface area contributed by atoms with Crippen LogP contribution < -0.4 is 5.32 Å². The molecule has 1 heterocycles. The predicted molar refractivity (Wildman–Crippen MR) is 94.4 cm³/mol. The van der Waals surface area contributed by atoms with Crippen molar-refractivity contribution >= 4 is 27.7 Å². The maximum atomic E-state index is 12.6. The third kappa shape index (κ3) is 5.32. The van der Waals surface area contributed by atoms with Gasteiger partial charge in [-0.3, -0.25) is 9.59 Å². The number of amides is 2. The molecule has 1 aromatic carbocycles. The van der Waals surface area contributed by atoms with Crippen molar-refractivity contribution in [3.05, 3.63) is 34.3 Å². The first kappa shape index (κ1) is 17.9. The third-order valence-corrected chi connectivity index (χ3v) is 4.47. The van der Waals surface area contributed by atoms with Crippen LogP contribution in [-0.4, -0.2) is 60.9 Å². The SMILES string of the molecule is CCCN(CCC(=O)N1CCNCC1)C(=O)c1ccc(Br)cc1. The second-order valence-electron chi connectivity index (χ2n) is 5.68. The Morgan fingerprint density at radius 1 is 1.17 bits per heavy atom. The summed E-state index contributed by atoms with van der Waals surface area (Å²) in [5.41, 5.74) is 0.663. The fourth-order valence-electron chi connectivity index (χ4n) is 2.66. The Labute approximate surface area is 146 Å². The van der Waals surface area contributed by atoms with Gasteiger partial charge in [0.15, 0.2) is 0 Å². The van der Waals surface area contributed by atoms with E-state index in [1.807, 2.05) is 36.1 Å². The summed E-state index contributed by atoms with van der Waals surface area (Å²) in [6, 6.07) is 7.35. The number of carbonyl (C=O) groups excluding carboxylic acids is 2. The Morgan fingerprint density at radius 3 is 2.43 bits per heavy atom. The third-order valence-electron chi connectivity index (χ3n) is 3.94. The first-order valence-electron chi connectivity index (χ1n) is 8.15. The zero-order valence-corrected chi connectivity index (χ0v) is 15.1. The van der Waals surface area contributed by atoms with Crippen LogP contribution in [0.2, 0.25) is 0 Å². The molecule has 0 radical (unpaired) electrons. The van der Waals surface area contributed by atoms with Gasteiger partial charge in [-0.2, -0.15) is 0 Å². The van der Waals surface area contributed by atoms with Crippen molar-refractivity contribution in [2.45, 2.75) is 19.8 Å².